The molecule has 0 radical (unpaired) electrons. The van der Waals surface area contributed by atoms with Crippen molar-refractivity contribution in [1.82, 2.24) is 25.6 Å². The van der Waals surface area contributed by atoms with E-state index in [0.29, 0.717) is 21.6 Å². The van der Waals surface area contributed by atoms with Crippen LogP contribution in [-0.4, -0.2) is 31.8 Å². The zero-order valence-corrected chi connectivity index (χ0v) is 16.8. The lowest BCUT2D eigenvalue weighted by atomic mass is 10.2. The second-order valence-corrected chi connectivity index (χ2v) is 7.69. The molecule has 0 aliphatic rings. The Hall–Kier alpha value is -2.84. The lowest BCUT2D eigenvalue weighted by Crippen LogP contribution is -2.44. The summed E-state index contributed by atoms with van der Waals surface area (Å²) in [5.41, 5.74) is 6.18. The Bertz CT molecular complexity index is 976. The number of nitrogens with zero attached hydrogens (tertiary/aromatic N) is 3. The number of carbonyl (C=O) groups excluding carboxylic acids is 2. The summed E-state index contributed by atoms with van der Waals surface area (Å²) in [4.78, 5) is 24.3. The van der Waals surface area contributed by atoms with Crippen molar-refractivity contribution in [3.63, 3.8) is 0 Å². The molecule has 0 aliphatic carbocycles. The fraction of sp³-hybridized carbons (Fsp3) is 0.158. The van der Waals surface area contributed by atoms with Crippen molar-refractivity contribution in [2.24, 2.45) is 7.05 Å². The van der Waals surface area contributed by atoms with E-state index in [2.05, 4.69) is 21.0 Å². The number of benzene rings is 2. The van der Waals surface area contributed by atoms with E-state index in [1.54, 1.807) is 47.9 Å². The first kappa shape index (κ1) is 19.9. The Kier molecular flexibility index (Phi) is 6.33. The maximum Gasteiger partial charge on any atom is 0.269 e. The molecular formula is C19H18ClN5O2S. The largest absolute Gasteiger partial charge is 0.305 e. The van der Waals surface area contributed by atoms with Gasteiger partial charge in [0, 0.05) is 23.2 Å². The molecule has 9 heteroatoms. The van der Waals surface area contributed by atoms with Crippen LogP contribution in [0.4, 0.5) is 0 Å². The third-order valence-corrected chi connectivity index (χ3v) is 5.31. The number of halogens is 1. The molecule has 1 atom stereocenters. The van der Waals surface area contributed by atoms with Gasteiger partial charge in [-0.2, -0.15) is 0 Å². The van der Waals surface area contributed by atoms with Crippen molar-refractivity contribution < 1.29 is 9.59 Å². The van der Waals surface area contributed by atoms with E-state index < -0.39 is 5.25 Å². The Balaban J connectivity index is 1.60. The standard InChI is InChI=1S/C19H18ClN5O2S/c1-12(17(26)22-23-18(27)14-6-4-3-5-7-14)28-19-24-21-16(25(19)2)13-8-10-15(20)11-9-13/h3-12H,1-2H3,(H,22,26)(H,23,27)/t12-/m1/s1. The van der Waals surface area contributed by atoms with Gasteiger partial charge in [-0.25, -0.2) is 0 Å². The van der Waals surface area contributed by atoms with Crippen LogP contribution in [0, 0.1) is 0 Å². The quantitative estimate of drug-likeness (QED) is 0.493. The molecule has 0 bridgehead atoms. The number of hydrogen-bond donors (Lipinski definition) is 2. The van der Waals surface area contributed by atoms with Gasteiger partial charge in [0.05, 0.1) is 5.25 Å². The van der Waals surface area contributed by atoms with Crippen LogP contribution < -0.4 is 10.9 Å². The topological polar surface area (TPSA) is 88.9 Å². The summed E-state index contributed by atoms with van der Waals surface area (Å²) in [5, 5.41) is 9.08. The molecule has 1 aromatic heterocycles. The number of aromatic nitrogens is 3. The van der Waals surface area contributed by atoms with Crippen molar-refractivity contribution in [2.45, 2.75) is 17.3 Å². The highest BCUT2D eigenvalue weighted by Gasteiger charge is 2.20. The molecule has 0 aliphatic heterocycles. The molecular weight excluding hydrogens is 398 g/mol. The monoisotopic (exact) mass is 415 g/mol. The lowest BCUT2D eigenvalue weighted by molar-refractivity contribution is -0.121. The first-order valence-corrected chi connectivity index (χ1v) is 9.68. The van der Waals surface area contributed by atoms with E-state index >= 15 is 0 Å². The molecule has 144 valence electrons. The number of hydrazine groups is 1. The summed E-state index contributed by atoms with van der Waals surface area (Å²) in [6.07, 6.45) is 0. The summed E-state index contributed by atoms with van der Waals surface area (Å²) in [5.74, 6) is -0.0516. The molecule has 1 heterocycles. The van der Waals surface area contributed by atoms with Crippen LogP contribution in [0.25, 0.3) is 11.4 Å². The van der Waals surface area contributed by atoms with Crippen LogP contribution >= 0.6 is 23.4 Å². The summed E-state index contributed by atoms with van der Waals surface area (Å²) in [6.45, 7) is 1.73. The minimum Gasteiger partial charge on any atom is -0.305 e. The van der Waals surface area contributed by atoms with Gasteiger partial charge in [-0.1, -0.05) is 41.6 Å². The molecule has 3 rings (SSSR count). The molecule has 0 unspecified atom stereocenters. The number of amides is 2. The molecule has 2 amide bonds. The van der Waals surface area contributed by atoms with Crippen LogP contribution in [0.2, 0.25) is 5.02 Å². The predicted octanol–water partition coefficient (Wildman–Crippen LogP) is 3.08. The molecule has 28 heavy (non-hydrogen) atoms. The first-order chi connectivity index (χ1) is 13.5. The maximum absolute atomic E-state index is 12.3. The van der Waals surface area contributed by atoms with Crippen molar-refractivity contribution in [2.75, 3.05) is 0 Å². The summed E-state index contributed by atoms with van der Waals surface area (Å²) in [6, 6.07) is 15.9. The van der Waals surface area contributed by atoms with Crippen LogP contribution in [0.5, 0.6) is 0 Å². The number of rotatable bonds is 5. The SMILES string of the molecule is C[C@@H](Sc1nnc(-c2ccc(Cl)cc2)n1C)C(=O)NNC(=O)c1ccccc1. The van der Waals surface area contributed by atoms with E-state index in [0.717, 1.165) is 5.56 Å². The van der Waals surface area contributed by atoms with E-state index in [1.807, 2.05) is 25.2 Å². The highest BCUT2D eigenvalue weighted by Crippen LogP contribution is 2.26. The van der Waals surface area contributed by atoms with Gasteiger partial charge >= 0.3 is 0 Å². The number of carbonyl (C=O) groups is 2. The van der Waals surface area contributed by atoms with Crippen LogP contribution in [-0.2, 0) is 11.8 Å². The first-order valence-electron chi connectivity index (χ1n) is 8.43. The lowest BCUT2D eigenvalue weighted by Gasteiger charge is -2.12. The van der Waals surface area contributed by atoms with Gasteiger partial charge in [0.1, 0.15) is 0 Å². The molecule has 2 aromatic carbocycles. The third kappa shape index (κ3) is 4.71. The van der Waals surface area contributed by atoms with Crippen molar-refractivity contribution in [3.05, 3.63) is 65.2 Å². The Morgan fingerprint density at radius 3 is 2.39 bits per heavy atom. The van der Waals surface area contributed by atoms with Crippen molar-refractivity contribution >= 4 is 35.2 Å². The molecule has 7 nitrogen and oxygen atoms in total. The zero-order chi connectivity index (χ0) is 20.1. The molecule has 0 fully saturated rings. The second kappa shape index (κ2) is 8.90. The van der Waals surface area contributed by atoms with Gasteiger partial charge in [0.25, 0.3) is 11.8 Å². The Morgan fingerprint density at radius 2 is 1.71 bits per heavy atom. The van der Waals surface area contributed by atoms with Crippen LogP contribution in [0.1, 0.15) is 17.3 Å². The van der Waals surface area contributed by atoms with Gasteiger partial charge in [-0.15, -0.1) is 10.2 Å². The van der Waals surface area contributed by atoms with Crippen molar-refractivity contribution in [3.8, 4) is 11.4 Å². The third-order valence-electron chi connectivity index (χ3n) is 3.92. The van der Waals surface area contributed by atoms with E-state index in [-0.39, 0.29) is 11.8 Å². The minimum absolute atomic E-state index is 0.342. The fourth-order valence-corrected chi connectivity index (χ4v) is 3.30. The summed E-state index contributed by atoms with van der Waals surface area (Å²) in [7, 11) is 1.83. The van der Waals surface area contributed by atoms with Gasteiger partial charge in [-0.05, 0) is 43.3 Å². The average molecular weight is 416 g/mol. The fourth-order valence-electron chi connectivity index (χ4n) is 2.36. The molecule has 0 saturated carbocycles. The molecule has 3 aromatic rings. The highest BCUT2D eigenvalue weighted by molar-refractivity contribution is 8.00. The van der Waals surface area contributed by atoms with E-state index in [9.17, 15) is 9.59 Å². The number of hydrogen-bond acceptors (Lipinski definition) is 5. The molecule has 0 spiro atoms. The van der Waals surface area contributed by atoms with Crippen LogP contribution in [0.3, 0.4) is 0 Å². The molecule has 0 saturated heterocycles. The van der Waals surface area contributed by atoms with E-state index in [1.165, 1.54) is 11.8 Å². The predicted molar refractivity (Wildman–Crippen MR) is 109 cm³/mol. The maximum atomic E-state index is 12.3. The smallest absolute Gasteiger partial charge is 0.269 e. The van der Waals surface area contributed by atoms with E-state index in [4.69, 9.17) is 11.6 Å². The summed E-state index contributed by atoms with van der Waals surface area (Å²) >= 11 is 7.16. The molecule has 2 N–H and O–H groups in total. The average Bonchev–Trinajstić information content (AvgIpc) is 3.07. The number of thioether (sulfide) groups is 1. The Morgan fingerprint density at radius 1 is 1.04 bits per heavy atom. The highest BCUT2D eigenvalue weighted by atomic mass is 35.5. The Labute approximate surface area is 171 Å². The van der Waals surface area contributed by atoms with Crippen LogP contribution in [0.15, 0.2) is 59.8 Å². The zero-order valence-electron chi connectivity index (χ0n) is 15.2. The van der Waals surface area contributed by atoms with Gasteiger partial charge in [-0.3, -0.25) is 20.4 Å². The summed E-state index contributed by atoms with van der Waals surface area (Å²) < 4.78 is 1.81. The second-order valence-electron chi connectivity index (χ2n) is 5.94. The van der Waals surface area contributed by atoms with Gasteiger partial charge in [0.2, 0.25) is 0 Å². The van der Waals surface area contributed by atoms with Crippen molar-refractivity contribution in [1.29, 1.82) is 0 Å². The van der Waals surface area contributed by atoms with Gasteiger partial charge in [0.15, 0.2) is 11.0 Å². The minimum atomic E-state index is -0.489. The number of nitrogens with one attached hydrogen (secondary N) is 2. The normalized spacial score (nSPS) is 11.7. The van der Waals surface area contributed by atoms with Gasteiger partial charge < -0.3 is 4.57 Å².